The van der Waals surface area contributed by atoms with Crippen molar-refractivity contribution in [3.63, 3.8) is 0 Å². The zero-order chi connectivity index (χ0) is 14.5. The van der Waals surface area contributed by atoms with Gasteiger partial charge in [0.15, 0.2) is 11.6 Å². The van der Waals surface area contributed by atoms with Crippen molar-refractivity contribution in [1.82, 2.24) is 9.97 Å². The van der Waals surface area contributed by atoms with Crippen LogP contribution in [-0.2, 0) is 0 Å². The number of anilines is 1. The second-order valence-electron chi connectivity index (χ2n) is 3.87. The van der Waals surface area contributed by atoms with Crippen molar-refractivity contribution in [3.05, 3.63) is 47.7 Å². The molecule has 5 nitrogen and oxygen atoms in total. The number of hydrogen-bond donors (Lipinski definition) is 1. The van der Waals surface area contributed by atoms with E-state index in [2.05, 4.69) is 20.5 Å². The molecule has 0 radical (unpaired) electrons. The summed E-state index contributed by atoms with van der Waals surface area (Å²) in [6, 6.07) is 5.83. The summed E-state index contributed by atoms with van der Waals surface area (Å²) in [7, 11) is 1.38. The minimum absolute atomic E-state index is 0.0311. The van der Waals surface area contributed by atoms with E-state index in [1.54, 1.807) is 19.1 Å². The van der Waals surface area contributed by atoms with Crippen LogP contribution >= 0.6 is 0 Å². The number of rotatable bonds is 4. The molecule has 0 aliphatic carbocycles. The highest BCUT2D eigenvalue weighted by atomic mass is 19.1. The fourth-order valence-electron chi connectivity index (χ4n) is 1.42. The highest BCUT2D eigenvalue weighted by Crippen LogP contribution is 2.13. The number of hydrazone groups is 1. The Balaban J connectivity index is 2.18. The van der Waals surface area contributed by atoms with E-state index >= 15 is 0 Å². The van der Waals surface area contributed by atoms with Crippen molar-refractivity contribution in [2.75, 3.05) is 12.5 Å². The summed E-state index contributed by atoms with van der Waals surface area (Å²) in [6.07, 6.45) is 0.983. The molecule has 0 saturated heterocycles. The Morgan fingerprint density at radius 1 is 1.25 bits per heavy atom. The summed E-state index contributed by atoms with van der Waals surface area (Å²) < 4.78 is 31.0. The number of aromatic nitrogens is 2. The molecule has 0 bridgehead atoms. The van der Waals surface area contributed by atoms with Crippen molar-refractivity contribution in [2.24, 2.45) is 5.10 Å². The molecule has 0 saturated carbocycles. The van der Waals surface area contributed by atoms with Gasteiger partial charge in [0.1, 0.15) is 5.82 Å². The monoisotopic (exact) mass is 278 g/mol. The number of benzene rings is 1. The quantitative estimate of drug-likeness (QED) is 0.690. The molecule has 0 fully saturated rings. The smallest absolute Gasteiger partial charge is 0.318 e. The molecule has 0 amide bonds. The second kappa shape index (κ2) is 6.05. The van der Waals surface area contributed by atoms with Gasteiger partial charge in [-0.3, -0.25) is 5.43 Å². The molecule has 20 heavy (non-hydrogen) atoms. The van der Waals surface area contributed by atoms with Gasteiger partial charge in [0.25, 0.3) is 0 Å². The van der Waals surface area contributed by atoms with E-state index in [0.717, 1.165) is 6.20 Å². The molecule has 0 spiro atoms. The van der Waals surface area contributed by atoms with Crippen LogP contribution in [0.15, 0.2) is 35.6 Å². The van der Waals surface area contributed by atoms with Gasteiger partial charge < -0.3 is 4.74 Å². The lowest BCUT2D eigenvalue weighted by Crippen LogP contribution is -2.04. The Labute approximate surface area is 114 Å². The fourth-order valence-corrected chi connectivity index (χ4v) is 1.42. The lowest BCUT2D eigenvalue weighted by molar-refractivity contribution is 0.377. The van der Waals surface area contributed by atoms with E-state index < -0.39 is 5.82 Å². The Morgan fingerprint density at radius 2 is 1.95 bits per heavy atom. The first-order valence-corrected chi connectivity index (χ1v) is 5.73. The molecule has 1 heterocycles. The molecule has 7 heteroatoms. The molecule has 1 N–H and O–H groups in total. The molecule has 2 aromatic rings. The lowest BCUT2D eigenvalue weighted by atomic mass is 10.1. The molecule has 0 unspecified atom stereocenters. The number of nitrogens with zero attached hydrogens (tertiary/aromatic N) is 3. The van der Waals surface area contributed by atoms with E-state index in [1.807, 2.05) is 0 Å². The van der Waals surface area contributed by atoms with Crippen molar-refractivity contribution in [2.45, 2.75) is 6.92 Å². The molecule has 104 valence electrons. The van der Waals surface area contributed by atoms with Crippen LogP contribution in [0, 0.1) is 11.6 Å². The standard InChI is InChI=1S/C13H12F2N4O/c1-8(9-3-5-10(14)6-4-9)18-19-12-11(15)7-16-13(17-12)20-2/h3-7H,1-2H3,(H,16,17,19)/b18-8+. The maximum Gasteiger partial charge on any atom is 0.318 e. The summed E-state index contributed by atoms with van der Waals surface area (Å²) in [4.78, 5) is 7.40. The van der Waals surface area contributed by atoms with Gasteiger partial charge in [-0.25, -0.2) is 13.8 Å². The van der Waals surface area contributed by atoms with Crippen LogP contribution in [0.3, 0.4) is 0 Å². The SMILES string of the molecule is COc1ncc(F)c(N/N=C(\C)c2ccc(F)cc2)n1. The molecule has 1 aromatic carbocycles. The average Bonchev–Trinajstić information content (AvgIpc) is 2.47. The summed E-state index contributed by atoms with van der Waals surface area (Å²) in [5, 5.41) is 3.99. The van der Waals surface area contributed by atoms with Gasteiger partial charge in [-0.15, -0.1) is 0 Å². The number of methoxy groups -OCH3 is 1. The maximum absolute atomic E-state index is 13.4. The van der Waals surface area contributed by atoms with Gasteiger partial charge in [-0.2, -0.15) is 10.1 Å². The fraction of sp³-hybridized carbons (Fsp3) is 0.154. The normalized spacial score (nSPS) is 11.3. The number of ether oxygens (including phenoxy) is 1. The minimum atomic E-state index is -0.651. The molecule has 2 rings (SSSR count). The van der Waals surface area contributed by atoms with Crippen LogP contribution in [0.4, 0.5) is 14.6 Å². The zero-order valence-corrected chi connectivity index (χ0v) is 10.9. The van der Waals surface area contributed by atoms with Gasteiger partial charge in [-0.1, -0.05) is 12.1 Å². The van der Waals surface area contributed by atoms with Gasteiger partial charge in [0.2, 0.25) is 0 Å². The Morgan fingerprint density at radius 3 is 2.60 bits per heavy atom. The number of nitrogens with one attached hydrogen (secondary N) is 1. The lowest BCUT2D eigenvalue weighted by Gasteiger charge is -2.05. The molecule has 1 aromatic heterocycles. The topological polar surface area (TPSA) is 59.4 Å². The van der Waals surface area contributed by atoms with Crippen molar-refractivity contribution < 1.29 is 13.5 Å². The van der Waals surface area contributed by atoms with Crippen LogP contribution in [0.25, 0.3) is 0 Å². The summed E-state index contributed by atoms with van der Waals surface area (Å²) in [5.41, 5.74) is 3.75. The first-order chi connectivity index (χ1) is 9.60. The van der Waals surface area contributed by atoms with Gasteiger partial charge in [0.05, 0.1) is 19.0 Å². The third-order valence-electron chi connectivity index (χ3n) is 2.50. The highest BCUT2D eigenvalue weighted by Gasteiger charge is 2.06. The van der Waals surface area contributed by atoms with E-state index in [0.29, 0.717) is 11.3 Å². The average molecular weight is 278 g/mol. The van der Waals surface area contributed by atoms with Crippen LogP contribution in [0.5, 0.6) is 6.01 Å². The van der Waals surface area contributed by atoms with Gasteiger partial charge in [0, 0.05) is 0 Å². The van der Waals surface area contributed by atoms with Gasteiger partial charge in [-0.05, 0) is 24.6 Å². The molecule has 0 atom stereocenters. The minimum Gasteiger partial charge on any atom is -0.467 e. The van der Waals surface area contributed by atoms with Crippen LogP contribution in [-0.4, -0.2) is 22.8 Å². The largest absolute Gasteiger partial charge is 0.467 e. The van der Waals surface area contributed by atoms with Crippen LogP contribution < -0.4 is 10.2 Å². The highest BCUT2D eigenvalue weighted by molar-refractivity contribution is 5.98. The molecule has 0 aliphatic rings. The summed E-state index contributed by atoms with van der Waals surface area (Å²) in [5.74, 6) is -1.08. The Bertz CT molecular complexity index is 629. The maximum atomic E-state index is 13.4. The van der Waals surface area contributed by atoms with Crippen LogP contribution in [0.2, 0.25) is 0 Å². The Kier molecular flexibility index (Phi) is 4.19. The van der Waals surface area contributed by atoms with E-state index in [9.17, 15) is 8.78 Å². The molecular weight excluding hydrogens is 266 g/mol. The number of hydrogen-bond acceptors (Lipinski definition) is 5. The first kappa shape index (κ1) is 13.9. The van der Waals surface area contributed by atoms with Crippen molar-refractivity contribution in [3.8, 4) is 6.01 Å². The second-order valence-corrected chi connectivity index (χ2v) is 3.87. The zero-order valence-electron chi connectivity index (χ0n) is 10.9. The predicted molar refractivity (Wildman–Crippen MR) is 70.8 cm³/mol. The van der Waals surface area contributed by atoms with E-state index in [-0.39, 0.29) is 17.6 Å². The van der Waals surface area contributed by atoms with Crippen LogP contribution in [0.1, 0.15) is 12.5 Å². The third kappa shape index (κ3) is 3.25. The van der Waals surface area contributed by atoms with E-state index in [4.69, 9.17) is 4.74 Å². The molecular formula is C13H12F2N4O. The first-order valence-electron chi connectivity index (χ1n) is 5.73. The predicted octanol–water partition coefficient (Wildman–Crippen LogP) is 2.60. The summed E-state index contributed by atoms with van der Waals surface area (Å²) in [6.45, 7) is 1.70. The number of halogens is 2. The summed E-state index contributed by atoms with van der Waals surface area (Å²) >= 11 is 0. The van der Waals surface area contributed by atoms with Crippen molar-refractivity contribution in [1.29, 1.82) is 0 Å². The molecule has 0 aliphatic heterocycles. The van der Waals surface area contributed by atoms with Gasteiger partial charge >= 0.3 is 6.01 Å². The third-order valence-corrected chi connectivity index (χ3v) is 2.50. The Hall–Kier alpha value is -2.57. The van der Waals surface area contributed by atoms with E-state index in [1.165, 1.54) is 19.2 Å². The van der Waals surface area contributed by atoms with Crippen molar-refractivity contribution >= 4 is 11.5 Å².